The van der Waals surface area contributed by atoms with Crippen LogP contribution in [0.1, 0.15) is 41.7 Å². The number of nitro groups is 1. The molecule has 3 aromatic rings. The number of nitrogens with zero attached hydrogens (tertiary/aromatic N) is 3. The maximum Gasteiger partial charge on any atom is 0.270 e. The molecule has 0 aliphatic heterocycles. The SMILES string of the molecule is Cc1cccc(-c2noc([C@H](NC(=O)c3cccc([N+](=O)[O-])c3)C(C)C)n2)c1. The van der Waals surface area contributed by atoms with Crippen LogP contribution < -0.4 is 5.32 Å². The molecule has 0 unspecified atom stereocenters. The predicted molar refractivity (Wildman–Crippen MR) is 103 cm³/mol. The molecular formula is C20H20N4O4. The molecule has 1 aromatic heterocycles. The van der Waals surface area contributed by atoms with Crippen LogP contribution in [0, 0.1) is 23.0 Å². The van der Waals surface area contributed by atoms with Gasteiger partial charge in [-0.2, -0.15) is 4.98 Å². The Labute approximate surface area is 161 Å². The maximum absolute atomic E-state index is 12.6. The summed E-state index contributed by atoms with van der Waals surface area (Å²) in [6.07, 6.45) is 0. The molecule has 1 amide bonds. The molecule has 0 fully saturated rings. The molecule has 0 aliphatic rings. The first-order valence-electron chi connectivity index (χ1n) is 8.81. The van der Waals surface area contributed by atoms with Gasteiger partial charge in [-0.3, -0.25) is 14.9 Å². The molecule has 144 valence electrons. The number of non-ortho nitro benzene ring substituents is 1. The number of amides is 1. The van der Waals surface area contributed by atoms with Crippen LogP contribution in [0.4, 0.5) is 5.69 Å². The van der Waals surface area contributed by atoms with Crippen LogP contribution in [0.3, 0.4) is 0 Å². The Morgan fingerprint density at radius 1 is 1.18 bits per heavy atom. The predicted octanol–water partition coefficient (Wildman–Crippen LogP) is 4.08. The van der Waals surface area contributed by atoms with E-state index in [4.69, 9.17) is 4.52 Å². The summed E-state index contributed by atoms with van der Waals surface area (Å²) in [6.45, 7) is 5.80. The third-order valence-corrected chi connectivity index (χ3v) is 4.26. The van der Waals surface area contributed by atoms with E-state index in [2.05, 4.69) is 15.5 Å². The Hall–Kier alpha value is -3.55. The molecule has 0 spiro atoms. The minimum absolute atomic E-state index is 0.0338. The van der Waals surface area contributed by atoms with Gasteiger partial charge in [-0.1, -0.05) is 48.8 Å². The molecule has 1 heterocycles. The molecule has 0 radical (unpaired) electrons. The van der Waals surface area contributed by atoms with Crippen molar-refractivity contribution >= 4 is 11.6 Å². The van der Waals surface area contributed by atoms with Crippen molar-refractivity contribution < 1.29 is 14.2 Å². The molecule has 1 N–H and O–H groups in total. The van der Waals surface area contributed by atoms with Crippen molar-refractivity contribution in [1.29, 1.82) is 0 Å². The van der Waals surface area contributed by atoms with E-state index in [-0.39, 0.29) is 23.1 Å². The highest BCUT2D eigenvalue weighted by atomic mass is 16.6. The van der Waals surface area contributed by atoms with Gasteiger partial charge in [-0.15, -0.1) is 0 Å². The van der Waals surface area contributed by atoms with Gasteiger partial charge in [-0.05, 0) is 25.0 Å². The van der Waals surface area contributed by atoms with Crippen molar-refractivity contribution in [3.63, 3.8) is 0 Å². The van der Waals surface area contributed by atoms with E-state index < -0.39 is 16.9 Å². The van der Waals surface area contributed by atoms with Crippen molar-refractivity contribution in [2.45, 2.75) is 26.8 Å². The second-order valence-electron chi connectivity index (χ2n) is 6.83. The van der Waals surface area contributed by atoms with Gasteiger partial charge in [-0.25, -0.2) is 0 Å². The molecule has 2 aromatic carbocycles. The normalized spacial score (nSPS) is 12.0. The van der Waals surface area contributed by atoms with Crippen LogP contribution in [0.5, 0.6) is 0 Å². The lowest BCUT2D eigenvalue weighted by Crippen LogP contribution is -2.32. The third-order valence-electron chi connectivity index (χ3n) is 4.26. The number of rotatable bonds is 6. The number of hydrogen-bond acceptors (Lipinski definition) is 6. The smallest absolute Gasteiger partial charge is 0.270 e. The number of carbonyl (C=O) groups is 1. The topological polar surface area (TPSA) is 111 Å². The zero-order valence-electron chi connectivity index (χ0n) is 15.7. The summed E-state index contributed by atoms with van der Waals surface area (Å²) in [5, 5.41) is 17.8. The number of hydrogen-bond donors (Lipinski definition) is 1. The lowest BCUT2D eigenvalue weighted by atomic mass is 10.0. The fraction of sp³-hybridized carbons (Fsp3) is 0.250. The highest BCUT2D eigenvalue weighted by molar-refractivity contribution is 5.95. The largest absolute Gasteiger partial charge is 0.340 e. The first kappa shape index (κ1) is 19.2. The number of carbonyl (C=O) groups excluding carboxylic acids is 1. The maximum atomic E-state index is 12.6. The van der Waals surface area contributed by atoms with E-state index in [1.54, 1.807) is 0 Å². The van der Waals surface area contributed by atoms with Crippen LogP contribution in [0.15, 0.2) is 53.1 Å². The highest BCUT2D eigenvalue weighted by Crippen LogP contribution is 2.25. The lowest BCUT2D eigenvalue weighted by Gasteiger charge is -2.18. The standard InChI is InChI=1S/C20H20N4O4/c1-12(2)17(21-19(25)15-8-5-9-16(11-15)24(26)27)20-22-18(23-28-20)14-7-4-6-13(3)10-14/h4-12,17H,1-3H3,(H,21,25)/t17-/m1/s1. The fourth-order valence-electron chi connectivity index (χ4n) is 2.76. The van der Waals surface area contributed by atoms with E-state index in [0.717, 1.165) is 11.1 Å². The quantitative estimate of drug-likeness (QED) is 0.509. The Morgan fingerprint density at radius 2 is 1.93 bits per heavy atom. The van der Waals surface area contributed by atoms with E-state index in [1.807, 2.05) is 45.0 Å². The Bertz CT molecular complexity index is 1010. The molecular weight excluding hydrogens is 360 g/mol. The van der Waals surface area contributed by atoms with Crippen molar-refractivity contribution in [3.8, 4) is 11.4 Å². The zero-order valence-corrected chi connectivity index (χ0v) is 15.7. The summed E-state index contributed by atoms with van der Waals surface area (Å²) in [5.41, 5.74) is 1.94. The molecule has 1 atom stereocenters. The monoisotopic (exact) mass is 380 g/mol. The third kappa shape index (κ3) is 4.22. The number of aromatic nitrogens is 2. The minimum Gasteiger partial charge on any atom is -0.340 e. The van der Waals surface area contributed by atoms with E-state index >= 15 is 0 Å². The molecule has 0 aliphatic carbocycles. The summed E-state index contributed by atoms with van der Waals surface area (Å²) < 4.78 is 5.40. The van der Waals surface area contributed by atoms with Crippen LogP contribution in [0.2, 0.25) is 0 Å². The first-order chi connectivity index (χ1) is 13.3. The molecule has 0 bridgehead atoms. The second kappa shape index (κ2) is 7.99. The molecule has 28 heavy (non-hydrogen) atoms. The molecule has 8 nitrogen and oxygen atoms in total. The molecule has 8 heteroatoms. The van der Waals surface area contributed by atoms with Crippen LogP contribution >= 0.6 is 0 Å². The van der Waals surface area contributed by atoms with Gasteiger partial charge in [0.15, 0.2) is 0 Å². The van der Waals surface area contributed by atoms with Crippen LogP contribution in [0.25, 0.3) is 11.4 Å². The lowest BCUT2D eigenvalue weighted by molar-refractivity contribution is -0.384. The van der Waals surface area contributed by atoms with E-state index in [1.165, 1.54) is 24.3 Å². The van der Waals surface area contributed by atoms with Crippen LogP contribution in [-0.2, 0) is 0 Å². The number of nitrogens with one attached hydrogen (secondary N) is 1. The van der Waals surface area contributed by atoms with Crippen molar-refractivity contribution in [2.75, 3.05) is 0 Å². The molecule has 0 saturated carbocycles. The Balaban J connectivity index is 1.84. The summed E-state index contributed by atoms with van der Waals surface area (Å²) in [6, 6.07) is 12.7. The summed E-state index contributed by atoms with van der Waals surface area (Å²) in [5.74, 6) is 0.241. The zero-order chi connectivity index (χ0) is 20.3. The Kier molecular flexibility index (Phi) is 5.49. The second-order valence-corrected chi connectivity index (χ2v) is 6.83. The van der Waals surface area contributed by atoms with Gasteiger partial charge in [0.25, 0.3) is 11.6 Å². The van der Waals surface area contributed by atoms with Crippen molar-refractivity contribution in [2.24, 2.45) is 5.92 Å². The van der Waals surface area contributed by atoms with Crippen LogP contribution in [-0.4, -0.2) is 21.0 Å². The van der Waals surface area contributed by atoms with Gasteiger partial charge in [0.05, 0.1) is 4.92 Å². The molecule has 3 rings (SSSR count). The number of aryl methyl sites for hydroxylation is 1. The summed E-state index contributed by atoms with van der Waals surface area (Å²) in [7, 11) is 0. The summed E-state index contributed by atoms with van der Waals surface area (Å²) >= 11 is 0. The van der Waals surface area contributed by atoms with E-state index in [9.17, 15) is 14.9 Å². The average molecular weight is 380 g/mol. The highest BCUT2D eigenvalue weighted by Gasteiger charge is 2.26. The number of benzene rings is 2. The molecule has 0 saturated heterocycles. The van der Waals surface area contributed by atoms with E-state index in [0.29, 0.717) is 5.82 Å². The van der Waals surface area contributed by atoms with Gasteiger partial charge in [0.2, 0.25) is 11.7 Å². The van der Waals surface area contributed by atoms with Crippen molar-refractivity contribution in [1.82, 2.24) is 15.5 Å². The van der Waals surface area contributed by atoms with Gasteiger partial charge >= 0.3 is 0 Å². The minimum atomic E-state index is -0.539. The number of nitro benzene ring substituents is 1. The van der Waals surface area contributed by atoms with Crippen molar-refractivity contribution in [3.05, 3.63) is 75.7 Å². The average Bonchev–Trinajstić information content (AvgIpc) is 3.15. The van der Waals surface area contributed by atoms with Gasteiger partial charge < -0.3 is 9.84 Å². The fourth-order valence-corrected chi connectivity index (χ4v) is 2.76. The summed E-state index contributed by atoms with van der Waals surface area (Å²) in [4.78, 5) is 27.4. The van der Waals surface area contributed by atoms with Gasteiger partial charge in [0.1, 0.15) is 6.04 Å². The van der Waals surface area contributed by atoms with Gasteiger partial charge in [0, 0.05) is 23.3 Å². The Morgan fingerprint density at radius 3 is 2.61 bits per heavy atom. The first-order valence-corrected chi connectivity index (χ1v) is 8.81.